The largest absolute Gasteiger partial charge is 0.0628 e. The van der Waals surface area contributed by atoms with Crippen LogP contribution in [0.15, 0.2) is 0 Å². The average Bonchev–Trinajstić information content (AvgIpc) is 1.99. The summed E-state index contributed by atoms with van der Waals surface area (Å²) in [4.78, 5) is 0. The van der Waals surface area contributed by atoms with Crippen molar-refractivity contribution in [3.05, 3.63) is 0 Å². The molecule has 0 rings (SSSR count). The van der Waals surface area contributed by atoms with Gasteiger partial charge in [0.15, 0.2) is 0 Å². The molecule has 0 heterocycles. The van der Waals surface area contributed by atoms with E-state index in [9.17, 15) is 0 Å². The molecule has 0 aliphatic rings. The maximum atomic E-state index is 2.43. The second-order valence-electron chi connectivity index (χ2n) is 7.04. The molecule has 15 heavy (non-hydrogen) atoms. The Balaban J connectivity index is 3.74. The lowest BCUT2D eigenvalue weighted by Gasteiger charge is -2.27. The van der Waals surface area contributed by atoms with Gasteiger partial charge in [-0.05, 0) is 29.6 Å². The van der Waals surface area contributed by atoms with E-state index in [0.29, 0.717) is 5.41 Å². The molecule has 0 aliphatic carbocycles. The molecule has 0 saturated heterocycles. The monoisotopic (exact) mass is 212 g/mol. The minimum Gasteiger partial charge on any atom is -0.0628 e. The summed E-state index contributed by atoms with van der Waals surface area (Å²) < 4.78 is 0. The van der Waals surface area contributed by atoms with E-state index >= 15 is 0 Å². The standard InChI is InChI=1S/C15H32/c1-12(2)9-8-10-13(3)14(4)11-15(5,6)7/h12-14H,8-11H2,1-7H3. The van der Waals surface area contributed by atoms with E-state index in [1.807, 2.05) is 0 Å². The highest BCUT2D eigenvalue weighted by atomic mass is 14.2. The molecule has 0 aliphatic heterocycles. The predicted molar refractivity (Wildman–Crippen MR) is 71.1 cm³/mol. The first-order chi connectivity index (χ1) is 6.72. The minimum atomic E-state index is 0.492. The van der Waals surface area contributed by atoms with Crippen molar-refractivity contribution in [2.45, 2.75) is 74.1 Å². The highest BCUT2D eigenvalue weighted by Crippen LogP contribution is 2.30. The number of hydrogen-bond donors (Lipinski definition) is 0. The first kappa shape index (κ1) is 15.0. The van der Waals surface area contributed by atoms with Crippen LogP contribution in [0.25, 0.3) is 0 Å². The molecule has 0 bridgehead atoms. The topological polar surface area (TPSA) is 0 Å². The third-order valence-electron chi connectivity index (χ3n) is 3.35. The summed E-state index contributed by atoms with van der Waals surface area (Å²) in [5.41, 5.74) is 0.492. The van der Waals surface area contributed by atoms with Gasteiger partial charge < -0.3 is 0 Å². The Kier molecular flexibility index (Phi) is 6.55. The van der Waals surface area contributed by atoms with E-state index in [4.69, 9.17) is 0 Å². The van der Waals surface area contributed by atoms with Crippen molar-refractivity contribution in [3.63, 3.8) is 0 Å². The SMILES string of the molecule is CC(C)CCCC(C)C(C)CC(C)(C)C. The van der Waals surface area contributed by atoms with Crippen LogP contribution in [0.4, 0.5) is 0 Å². The molecule has 0 heteroatoms. The maximum Gasteiger partial charge on any atom is -0.0380 e. The average molecular weight is 212 g/mol. The Bertz CT molecular complexity index is 150. The number of hydrogen-bond acceptors (Lipinski definition) is 0. The van der Waals surface area contributed by atoms with Crippen LogP contribution in [0.5, 0.6) is 0 Å². The fraction of sp³-hybridized carbons (Fsp3) is 1.00. The van der Waals surface area contributed by atoms with E-state index in [2.05, 4.69) is 48.5 Å². The summed E-state index contributed by atoms with van der Waals surface area (Å²) in [5, 5.41) is 0. The first-order valence-corrected chi connectivity index (χ1v) is 6.72. The highest BCUT2D eigenvalue weighted by molar-refractivity contribution is 4.70. The Hall–Kier alpha value is 0. The zero-order chi connectivity index (χ0) is 12.1. The lowest BCUT2D eigenvalue weighted by atomic mass is 9.78. The van der Waals surface area contributed by atoms with E-state index in [1.54, 1.807) is 0 Å². The predicted octanol–water partition coefficient (Wildman–Crippen LogP) is 5.52. The Morgan fingerprint density at radius 2 is 1.33 bits per heavy atom. The molecule has 0 amide bonds. The van der Waals surface area contributed by atoms with Crippen molar-refractivity contribution in [2.75, 3.05) is 0 Å². The lowest BCUT2D eigenvalue weighted by molar-refractivity contribution is 0.236. The third-order valence-corrected chi connectivity index (χ3v) is 3.35. The second kappa shape index (κ2) is 6.55. The molecule has 0 saturated carbocycles. The Morgan fingerprint density at radius 3 is 1.73 bits per heavy atom. The van der Waals surface area contributed by atoms with Gasteiger partial charge in [0.25, 0.3) is 0 Å². The molecule has 0 fully saturated rings. The van der Waals surface area contributed by atoms with E-state index in [1.165, 1.54) is 25.7 Å². The van der Waals surface area contributed by atoms with Gasteiger partial charge >= 0.3 is 0 Å². The molecule has 0 aromatic carbocycles. The molecule has 0 nitrogen and oxygen atoms in total. The summed E-state index contributed by atoms with van der Waals surface area (Å²) in [7, 11) is 0. The summed E-state index contributed by atoms with van der Waals surface area (Å²) >= 11 is 0. The molecule has 0 aromatic rings. The summed E-state index contributed by atoms with van der Waals surface area (Å²) in [6.45, 7) is 16.5. The smallest absolute Gasteiger partial charge is 0.0380 e. The fourth-order valence-electron chi connectivity index (χ4n) is 2.30. The minimum absolute atomic E-state index is 0.492. The van der Waals surface area contributed by atoms with Crippen LogP contribution in [0.3, 0.4) is 0 Å². The van der Waals surface area contributed by atoms with Crippen LogP contribution in [-0.2, 0) is 0 Å². The zero-order valence-electron chi connectivity index (χ0n) is 12.1. The summed E-state index contributed by atoms with van der Waals surface area (Å²) in [6, 6.07) is 0. The van der Waals surface area contributed by atoms with Crippen molar-refractivity contribution in [3.8, 4) is 0 Å². The van der Waals surface area contributed by atoms with Crippen LogP contribution in [0.1, 0.15) is 74.1 Å². The van der Waals surface area contributed by atoms with Crippen LogP contribution in [-0.4, -0.2) is 0 Å². The van der Waals surface area contributed by atoms with Crippen molar-refractivity contribution in [1.29, 1.82) is 0 Å². The van der Waals surface area contributed by atoms with Gasteiger partial charge in [-0.25, -0.2) is 0 Å². The van der Waals surface area contributed by atoms with Gasteiger partial charge in [-0.2, -0.15) is 0 Å². The van der Waals surface area contributed by atoms with Gasteiger partial charge in [-0.3, -0.25) is 0 Å². The molecule has 0 N–H and O–H groups in total. The maximum absolute atomic E-state index is 2.43. The third kappa shape index (κ3) is 8.96. The molecular formula is C15H32. The van der Waals surface area contributed by atoms with Gasteiger partial charge in [0.1, 0.15) is 0 Å². The molecule has 92 valence electrons. The van der Waals surface area contributed by atoms with Gasteiger partial charge in [0.05, 0.1) is 0 Å². The number of rotatable bonds is 6. The highest BCUT2D eigenvalue weighted by Gasteiger charge is 2.19. The summed E-state index contributed by atoms with van der Waals surface area (Å²) in [5.74, 6) is 2.63. The quantitative estimate of drug-likeness (QED) is 0.543. The van der Waals surface area contributed by atoms with Crippen molar-refractivity contribution in [2.24, 2.45) is 23.2 Å². The molecular weight excluding hydrogens is 180 g/mol. The van der Waals surface area contributed by atoms with Gasteiger partial charge in [0.2, 0.25) is 0 Å². The van der Waals surface area contributed by atoms with Crippen molar-refractivity contribution < 1.29 is 0 Å². The fourth-order valence-corrected chi connectivity index (χ4v) is 2.30. The Labute approximate surface area is 97.8 Å². The lowest BCUT2D eigenvalue weighted by Crippen LogP contribution is -2.17. The van der Waals surface area contributed by atoms with E-state index in [0.717, 1.165) is 17.8 Å². The van der Waals surface area contributed by atoms with Crippen molar-refractivity contribution in [1.82, 2.24) is 0 Å². The molecule has 2 unspecified atom stereocenters. The molecule has 0 aromatic heterocycles. The zero-order valence-corrected chi connectivity index (χ0v) is 12.1. The molecule has 0 spiro atoms. The summed E-state index contributed by atoms with van der Waals surface area (Å²) in [6.07, 6.45) is 5.57. The van der Waals surface area contributed by atoms with E-state index < -0.39 is 0 Å². The molecule has 2 atom stereocenters. The second-order valence-corrected chi connectivity index (χ2v) is 7.04. The van der Waals surface area contributed by atoms with Gasteiger partial charge in [0, 0.05) is 0 Å². The van der Waals surface area contributed by atoms with Crippen LogP contribution in [0, 0.1) is 23.2 Å². The molecule has 0 radical (unpaired) electrons. The normalized spacial score (nSPS) is 16.8. The van der Waals surface area contributed by atoms with Crippen LogP contribution < -0.4 is 0 Å². The van der Waals surface area contributed by atoms with Gasteiger partial charge in [-0.1, -0.05) is 67.7 Å². The first-order valence-electron chi connectivity index (χ1n) is 6.72. The van der Waals surface area contributed by atoms with Gasteiger partial charge in [-0.15, -0.1) is 0 Å². The van der Waals surface area contributed by atoms with Crippen molar-refractivity contribution >= 4 is 0 Å². The Morgan fingerprint density at radius 1 is 0.800 bits per heavy atom. The van der Waals surface area contributed by atoms with Crippen LogP contribution >= 0.6 is 0 Å². The van der Waals surface area contributed by atoms with Crippen LogP contribution in [0.2, 0.25) is 0 Å². The van der Waals surface area contributed by atoms with E-state index in [-0.39, 0.29) is 0 Å².